The molecule has 0 radical (unpaired) electrons. The van der Waals surface area contributed by atoms with Crippen LogP contribution in [0, 0.1) is 90.6 Å². The van der Waals surface area contributed by atoms with Crippen molar-refractivity contribution in [1.29, 1.82) is 42.1 Å². The van der Waals surface area contributed by atoms with Crippen molar-refractivity contribution >= 4 is 34.3 Å². The molecule has 0 aliphatic carbocycles. The average Bonchev–Trinajstić information content (AvgIpc) is 3.03. The molecule has 0 spiro atoms. The van der Waals surface area contributed by atoms with Crippen LogP contribution in [0.15, 0.2) is 89.5 Å². The smallest absolute Gasteiger partial charge is 0.148 e. The van der Waals surface area contributed by atoms with Gasteiger partial charge in [-0.15, -0.1) is 0 Å². The van der Waals surface area contributed by atoms with Crippen molar-refractivity contribution in [1.82, 2.24) is 0 Å². The van der Waals surface area contributed by atoms with E-state index in [1.807, 2.05) is 29.2 Å². The number of benzene rings is 3. The van der Waals surface area contributed by atoms with Crippen molar-refractivity contribution in [3.8, 4) is 48.6 Å². The van der Waals surface area contributed by atoms with E-state index in [9.17, 15) is 31.6 Å². The van der Waals surface area contributed by atoms with E-state index in [0.29, 0.717) is 33.8 Å². The van der Waals surface area contributed by atoms with Gasteiger partial charge in [-0.2, -0.15) is 42.1 Å². The van der Waals surface area contributed by atoms with Crippen LogP contribution >= 0.6 is 0 Å². The summed E-state index contributed by atoms with van der Waals surface area (Å²) >= 11 is 0. The van der Waals surface area contributed by atoms with E-state index in [1.165, 1.54) is 6.08 Å². The van der Waals surface area contributed by atoms with Gasteiger partial charge >= 0.3 is 0 Å². The maximum absolute atomic E-state index is 9.50. The third kappa shape index (κ3) is 6.12. The van der Waals surface area contributed by atoms with E-state index < -0.39 is 0 Å². The van der Waals surface area contributed by atoms with E-state index >= 15 is 0 Å². The van der Waals surface area contributed by atoms with Crippen molar-refractivity contribution in [2.75, 3.05) is 4.90 Å². The van der Waals surface area contributed by atoms with Gasteiger partial charge in [-0.3, -0.25) is 0 Å². The monoisotopic (exact) mass is 523 g/mol. The molecule has 0 aromatic heterocycles. The van der Waals surface area contributed by atoms with Crippen molar-refractivity contribution in [3.63, 3.8) is 0 Å². The van der Waals surface area contributed by atoms with Crippen molar-refractivity contribution in [2.45, 2.75) is 0 Å². The molecule has 0 N–H and O–H groups in total. The summed E-state index contributed by atoms with van der Waals surface area (Å²) in [5.74, 6) is 0. The number of nitriles is 8. The third-order valence-corrected chi connectivity index (χ3v) is 5.70. The van der Waals surface area contributed by atoms with Gasteiger partial charge in [0.25, 0.3) is 0 Å². The Kier molecular flexibility index (Phi) is 9.09. The SMILES string of the molecule is N#CC(C#N)=Cc1ccc(N(c2ccc(C(C#N)=C(C#N)C#N)cc2)c2ccc(C(C#N)=C(C#N)C#N)cc2)cc1. The molecule has 9 nitrogen and oxygen atoms in total. The zero-order valence-corrected chi connectivity index (χ0v) is 21.0. The topological polar surface area (TPSA) is 194 Å². The van der Waals surface area contributed by atoms with Crippen molar-refractivity contribution in [2.24, 2.45) is 0 Å². The standard InChI is InChI=1S/C32H13N9/c33-14-23(15-34)13-22-1-7-28(8-2-22)41(29-9-3-24(4-10-29)31(20-39)26(16-35)17-36)30-11-5-25(6-12-30)32(21-40)27(18-37)19-38/h1-13H. The fraction of sp³-hybridized carbons (Fsp3) is 0. The average molecular weight is 524 g/mol. The summed E-state index contributed by atoms with van der Waals surface area (Å²) in [5, 5.41) is 73.9. The summed E-state index contributed by atoms with van der Waals surface area (Å²) in [4.78, 5) is 1.84. The van der Waals surface area contributed by atoms with Crippen LogP contribution in [0.3, 0.4) is 0 Å². The van der Waals surface area contributed by atoms with Gasteiger partial charge in [0.1, 0.15) is 65.3 Å². The van der Waals surface area contributed by atoms with Gasteiger partial charge in [0.2, 0.25) is 0 Å². The predicted molar refractivity (Wildman–Crippen MR) is 148 cm³/mol. The molecule has 9 heteroatoms. The number of anilines is 3. The van der Waals surface area contributed by atoms with Crippen LogP contribution < -0.4 is 4.90 Å². The second-order valence-corrected chi connectivity index (χ2v) is 7.97. The number of rotatable bonds is 6. The molecule has 0 fully saturated rings. The highest BCUT2D eigenvalue weighted by atomic mass is 15.1. The Morgan fingerprint density at radius 1 is 0.439 bits per heavy atom. The fourth-order valence-corrected chi connectivity index (χ4v) is 3.78. The van der Waals surface area contributed by atoms with E-state index in [1.54, 1.807) is 97.1 Å². The summed E-state index contributed by atoms with van der Waals surface area (Å²) in [5.41, 5.74) is 2.58. The Morgan fingerprint density at radius 3 is 1.07 bits per heavy atom. The lowest BCUT2D eigenvalue weighted by Crippen LogP contribution is -2.10. The highest BCUT2D eigenvalue weighted by Gasteiger charge is 2.16. The van der Waals surface area contributed by atoms with Gasteiger partial charge < -0.3 is 4.90 Å². The maximum atomic E-state index is 9.50. The largest absolute Gasteiger partial charge is 0.311 e. The highest BCUT2D eigenvalue weighted by Crippen LogP contribution is 2.36. The molecule has 3 aromatic rings. The molecule has 0 saturated carbocycles. The number of hydrogen-bond acceptors (Lipinski definition) is 9. The second-order valence-electron chi connectivity index (χ2n) is 7.97. The molecular weight excluding hydrogens is 510 g/mol. The minimum absolute atomic E-state index is 0.0494. The first-order valence-corrected chi connectivity index (χ1v) is 11.5. The number of allylic oxidation sites excluding steroid dienone is 5. The molecule has 41 heavy (non-hydrogen) atoms. The lowest BCUT2D eigenvalue weighted by molar-refractivity contribution is 1.28. The Balaban J connectivity index is 2.17. The lowest BCUT2D eigenvalue weighted by Gasteiger charge is -2.26. The van der Waals surface area contributed by atoms with Gasteiger partial charge in [-0.05, 0) is 59.2 Å². The molecular formula is C32H13N9. The molecule has 186 valence electrons. The number of hydrogen-bond donors (Lipinski definition) is 0. The molecule has 0 aliphatic heterocycles. The van der Waals surface area contributed by atoms with E-state index in [0.717, 1.165) is 0 Å². The summed E-state index contributed by atoms with van der Waals surface area (Å²) in [7, 11) is 0. The Bertz CT molecular complexity index is 1790. The van der Waals surface area contributed by atoms with E-state index in [4.69, 9.17) is 10.5 Å². The van der Waals surface area contributed by atoms with E-state index in [2.05, 4.69) is 0 Å². The van der Waals surface area contributed by atoms with Gasteiger partial charge in [0.15, 0.2) is 0 Å². The molecule has 0 heterocycles. The molecule has 0 unspecified atom stereocenters. The summed E-state index contributed by atoms with van der Waals surface area (Å²) in [6, 6.07) is 34.6. The minimum atomic E-state index is -0.305. The first-order chi connectivity index (χ1) is 20.0. The lowest BCUT2D eigenvalue weighted by atomic mass is 10.0. The minimum Gasteiger partial charge on any atom is -0.311 e. The van der Waals surface area contributed by atoms with Crippen molar-refractivity contribution < 1.29 is 0 Å². The normalized spacial score (nSPS) is 8.78. The maximum Gasteiger partial charge on any atom is 0.148 e. The molecule has 3 rings (SSSR count). The number of nitrogens with zero attached hydrogens (tertiary/aromatic N) is 9. The van der Waals surface area contributed by atoms with Crippen LogP contribution in [0.1, 0.15) is 16.7 Å². The van der Waals surface area contributed by atoms with Gasteiger partial charge in [-0.1, -0.05) is 36.4 Å². The summed E-state index contributed by atoms with van der Waals surface area (Å²) in [6.07, 6.45) is 1.45. The quantitative estimate of drug-likeness (QED) is 0.336. The predicted octanol–water partition coefficient (Wildman–Crippen LogP) is 6.24. The summed E-state index contributed by atoms with van der Waals surface area (Å²) < 4.78 is 0. The second kappa shape index (κ2) is 13.2. The molecule has 0 amide bonds. The Labute approximate surface area is 235 Å². The molecule has 0 aliphatic rings. The molecule has 0 bridgehead atoms. The third-order valence-electron chi connectivity index (χ3n) is 5.70. The van der Waals surface area contributed by atoms with Gasteiger partial charge in [-0.25, -0.2) is 0 Å². The van der Waals surface area contributed by atoms with Crippen LogP contribution in [0.4, 0.5) is 17.1 Å². The molecule has 0 atom stereocenters. The van der Waals surface area contributed by atoms with Crippen LogP contribution in [0.5, 0.6) is 0 Å². The van der Waals surface area contributed by atoms with Crippen molar-refractivity contribution in [3.05, 3.63) is 106 Å². The zero-order valence-electron chi connectivity index (χ0n) is 21.0. The molecule has 3 aromatic carbocycles. The van der Waals surface area contributed by atoms with E-state index in [-0.39, 0.29) is 27.9 Å². The van der Waals surface area contributed by atoms with Crippen LogP contribution in [-0.2, 0) is 0 Å². The van der Waals surface area contributed by atoms with Crippen LogP contribution in [-0.4, -0.2) is 0 Å². The Morgan fingerprint density at radius 2 is 0.780 bits per heavy atom. The zero-order chi connectivity index (χ0) is 29.8. The van der Waals surface area contributed by atoms with Gasteiger partial charge in [0.05, 0.1) is 11.1 Å². The van der Waals surface area contributed by atoms with Crippen LogP contribution in [0.2, 0.25) is 0 Å². The first-order valence-electron chi connectivity index (χ1n) is 11.5. The Hall–Kier alpha value is -7.40. The highest BCUT2D eigenvalue weighted by molar-refractivity contribution is 5.87. The van der Waals surface area contributed by atoms with Crippen LogP contribution in [0.25, 0.3) is 17.2 Å². The van der Waals surface area contributed by atoms with Gasteiger partial charge in [0, 0.05) is 17.1 Å². The fourth-order valence-electron chi connectivity index (χ4n) is 3.78. The summed E-state index contributed by atoms with van der Waals surface area (Å²) in [6.45, 7) is 0. The first kappa shape index (κ1) is 28.2. The molecule has 0 saturated heterocycles.